The zero-order valence-electron chi connectivity index (χ0n) is 22.5. The van der Waals surface area contributed by atoms with Gasteiger partial charge in [-0.15, -0.1) is 0 Å². The summed E-state index contributed by atoms with van der Waals surface area (Å²) in [6, 6.07) is 19.6. The number of halogens is 3. The molecule has 0 unspecified atom stereocenters. The predicted octanol–water partition coefficient (Wildman–Crippen LogP) is 7.12. The third kappa shape index (κ3) is 4.18. The second kappa shape index (κ2) is 9.86. The van der Waals surface area contributed by atoms with Crippen LogP contribution in [-0.4, -0.2) is 9.97 Å². The van der Waals surface area contributed by atoms with Gasteiger partial charge in [-0.05, 0) is 82.8 Å². The quantitative estimate of drug-likeness (QED) is 0.213. The number of alkyl halides is 1. The van der Waals surface area contributed by atoms with E-state index in [0.717, 1.165) is 17.2 Å². The van der Waals surface area contributed by atoms with Crippen LogP contribution in [0.25, 0.3) is 65.9 Å². The fraction of sp³-hybridized carbons (Fsp3) is 0.0588. The van der Waals surface area contributed by atoms with Crippen LogP contribution in [-0.2, 0) is 6.67 Å². The Morgan fingerprint density at radius 2 is 1.12 bits per heavy atom. The first-order valence-electron chi connectivity index (χ1n) is 13.2. The third-order valence-corrected chi connectivity index (χ3v) is 7.55. The van der Waals surface area contributed by atoms with Crippen molar-refractivity contribution in [3.05, 3.63) is 106 Å². The van der Waals surface area contributed by atoms with Crippen molar-refractivity contribution in [1.29, 1.82) is 10.5 Å². The van der Waals surface area contributed by atoms with Crippen LogP contribution < -0.4 is 10.7 Å². The summed E-state index contributed by atoms with van der Waals surface area (Å²) < 4.78 is 41.7. The van der Waals surface area contributed by atoms with Crippen LogP contribution >= 0.6 is 0 Å². The highest BCUT2D eigenvalue weighted by Crippen LogP contribution is 2.33. The molecule has 0 radical (unpaired) electrons. The minimum Gasteiger partial charge on any atom is -0.246 e. The standard InChI is InChI=1S/C34H17F3N6/c1-17-6-21(10-23(36)7-17)19-2-4-25-27(12-19)29(40-15-38)33-31(25)42-34-30(41-16-39)28-13-20(3-5-26(28)32(34)43-33)22-8-18(14-35)9-24(37)11-22/h2-13H,14H2,1H3. The maximum absolute atomic E-state index is 14.2. The molecule has 7 aromatic rings. The minimum atomic E-state index is -0.806. The second-order valence-electron chi connectivity index (χ2n) is 10.3. The normalized spacial score (nSPS) is 12.5. The number of hydrogen-bond acceptors (Lipinski definition) is 6. The lowest BCUT2D eigenvalue weighted by Gasteiger charge is -2.05. The number of fused-ring (bicyclic) bond motifs is 6. The van der Waals surface area contributed by atoms with E-state index in [2.05, 4.69) is 9.98 Å². The number of nitrogens with zero attached hydrogens (tertiary/aromatic N) is 6. The Morgan fingerprint density at radius 1 is 0.605 bits per heavy atom. The van der Waals surface area contributed by atoms with Gasteiger partial charge < -0.3 is 0 Å². The van der Waals surface area contributed by atoms with Crippen molar-refractivity contribution in [2.75, 3.05) is 0 Å². The molecular weight excluding hydrogens is 549 g/mol. The van der Waals surface area contributed by atoms with Gasteiger partial charge in [0.15, 0.2) is 0 Å². The van der Waals surface area contributed by atoms with Crippen molar-refractivity contribution in [1.82, 2.24) is 9.97 Å². The van der Waals surface area contributed by atoms with Gasteiger partial charge in [-0.2, -0.15) is 20.5 Å². The summed E-state index contributed by atoms with van der Waals surface area (Å²) in [4.78, 5) is 17.9. The summed E-state index contributed by atoms with van der Waals surface area (Å²) in [5.74, 6) is -0.908. The number of aromatic nitrogens is 2. The molecule has 6 nitrogen and oxygen atoms in total. The summed E-state index contributed by atoms with van der Waals surface area (Å²) in [5.41, 5.74) is 5.20. The topological polar surface area (TPSA) is 98.1 Å². The van der Waals surface area contributed by atoms with Gasteiger partial charge in [-0.3, -0.25) is 0 Å². The van der Waals surface area contributed by atoms with E-state index in [1.54, 1.807) is 24.3 Å². The van der Waals surface area contributed by atoms with E-state index >= 15 is 0 Å². The zero-order chi connectivity index (χ0) is 29.8. The molecule has 0 fully saturated rings. The Hall–Kier alpha value is -5.93. The summed E-state index contributed by atoms with van der Waals surface area (Å²) in [7, 11) is 0. The number of nitriles is 2. The zero-order valence-corrected chi connectivity index (χ0v) is 22.5. The second-order valence-corrected chi connectivity index (χ2v) is 10.3. The fourth-order valence-corrected chi connectivity index (χ4v) is 5.77. The number of rotatable bonds is 3. The van der Waals surface area contributed by atoms with Crippen LogP contribution in [0.4, 0.5) is 13.2 Å². The van der Waals surface area contributed by atoms with E-state index in [4.69, 9.17) is 9.97 Å². The van der Waals surface area contributed by atoms with Gasteiger partial charge in [0.1, 0.15) is 40.1 Å². The van der Waals surface area contributed by atoms with Gasteiger partial charge in [0.25, 0.3) is 0 Å². The van der Waals surface area contributed by atoms with Crippen LogP contribution in [0.3, 0.4) is 0 Å². The molecule has 0 spiro atoms. The molecular formula is C34H17F3N6. The van der Waals surface area contributed by atoms with E-state index in [0.29, 0.717) is 71.0 Å². The van der Waals surface area contributed by atoms with Gasteiger partial charge >= 0.3 is 0 Å². The Labute approximate surface area is 241 Å². The summed E-state index contributed by atoms with van der Waals surface area (Å²) in [5, 5.41) is 22.3. The highest BCUT2D eigenvalue weighted by molar-refractivity contribution is 6.15. The molecule has 6 aromatic carbocycles. The Kier molecular flexibility index (Phi) is 5.96. The first kappa shape index (κ1) is 26.0. The molecule has 0 aliphatic carbocycles. The van der Waals surface area contributed by atoms with E-state index < -0.39 is 12.5 Å². The SMILES string of the molecule is Cc1cc(F)cc(-c2ccc3c(c2)c(=NC#N)c2nc4c(nc23)c(=NC#N)c2cc(-c3cc(F)cc(CF)c3)ccc24)c1. The van der Waals surface area contributed by atoms with Crippen molar-refractivity contribution >= 4 is 43.6 Å². The van der Waals surface area contributed by atoms with Gasteiger partial charge in [-0.25, -0.2) is 23.1 Å². The average molecular weight is 567 g/mol. The first-order chi connectivity index (χ1) is 20.9. The van der Waals surface area contributed by atoms with Crippen LogP contribution in [0.15, 0.2) is 82.8 Å². The molecule has 0 N–H and O–H groups in total. The van der Waals surface area contributed by atoms with Crippen molar-refractivity contribution in [2.24, 2.45) is 9.98 Å². The van der Waals surface area contributed by atoms with Crippen molar-refractivity contribution in [3.63, 3.8) is 0 Å². The lowest BCUT2D eigenvalue weighted by molar-refractivity contribution is 0.482. The number of hydrogen-bond donors (Lipinski definition) is 0. The molecule has 1 heterocycles. The van der Waals surface area contributed by atoms with Gasteiger partial charge in [-0.1, -0.05) is 30.3 Å². The molecule has 1 aromatic heterocycles. The first-order valence-corrected chi connectivity index (χ1v) is 13.2. The number of aryl methyl sites for hydroxylation is 1. The smallest absolute Gasteiger partial charge is 0.206 e. The molecule has 0 bridgehead atoms. The van der Waals surface area contributed by atoms with Crippen LogP contribution in [0.2, 0.25) is 0 Å². The molecule has 204 valence electrons. The minimum absolute atomic E-state index is 0.211. The van der Waals surface area contributed by atoms with Crippen molar-refractivity contribution in [2.45, 2.75) is 13.6 Å². The highest BCUT2D eigenvalue weighted by atomic mass is 19.1. The Morgan fingerprint density at radius 3 is 1.60 bits per heavy atom. The van der Waals surface area contributed by atoms with Gasteiger partial charge in [0.2, 0.25) is 12.4 Å². The molecule has 7 rings (SSSR count). The van der Waals surface area contributed by atoms with Crippen molar-refractivity contribution < 1.29 is 13.2 Å². The lowest BCUT2D eigenvalue weighted by Crippen LogP contribution is -2.03. The van der Waals surface area contributed by atoms with E-state index in [9.17, 15) is 23.7 Å². The Bertz CT molecular complexity index is 2490. The Balaban J connectivity index is 1.53. The maximum Gasteiger partial charge on any atom is 0.206 e. The van der Waals surface area contributed by atoms with Gasteiger partial charge in [0, 0.05) is 21.5 Å². The average Bonchev–Trinajstić information content (AvgIpc) is 3.46. The highest BCUT2D eigenvalue weighted by Gasteiger charge is 2.19. The van der Waals surface area contributed by atoms with Gasteiger partial charge in [0.05, 0.1) is 11.0 Å². The molecule has 0 atom stereocenters. The fourth-order valence-electron chi connectivity index (χ4n) is 5.77. The van der Waals surface area contributed by atoms with Crippen molar-refractivity contribution in [3.8, 4) is 34.6 Å². The predicted molar refractivity (Wildman–Crippen MR) is 157 cm³/mol. The molecule has 9 heteroatoms. The molecule has 43 heavy (non-hydrogen) atoms. The summed E-state index contributed by atoms with van der Waals surface area (Å²) in [6.07, 6.45) is 3.70. The van der Waals surface area contributed by atoms with E-state index in [1.807, 2.05) is 43.6 Å². The van der Waals surface area contributed by atoms with E-state index in [-0.39, 0.29) is 11.4 Å². The number of benzene rings is 4. The third-order valence-electron chi connectivity index (χ3n) is 7.55. The summed E-state index contributed by atoms with van der Waals surface area (Å²) >= 11 is 0. The molecule has 0 amide bonds. The van der Waals surface area contributed by atoms with E-state index in [1.165, 1.54) is 18.2 Å². The van der Waals surface area contributed by atoms with Crippen LogP contribution in [0.5, 0.6) is 0 Å². The molecule has 0 saturated carbocycles. The molecule has 0 aliphatic heterocycles. The lowest BCUT2D eigenvalue weighted by atomic mass is 10.0. The van der Waals surface area contributed by atoms with Crippen LogP contribution in [0.1, 0.15) is 11.1 Å². The maximum atomic E-state index is 14.2. The summed E-state index contributed by atoms with van der Waals surface area (Å²) in [6.45, 7) is 1.01. The monoisotopic (exact) mass is 566 g/mol. The molecule has 0 aliphatic rings. The van der Waals surface area contributed by atoms with Crippen LogP contribution in [0, 0.1) is 41.5 Å². The largest absolute Gasteiger partial charge is 0.246 e. The molecule has 0 saturated heterocycles.